The molecule has 0 saturated heterocycles. The standard InChI is InChI=1S/C43H48N2O3S/c1-5-29-13-11-14-30(6-2)40(29)25-33-19-21-35(23-37(33)27-44)43(39-17-9-10-18-42(39)49(46,47)48)36-22-20-34(38(24-36)28-45)26-41-31(7-3)15-12-16-32(41)8-4/h9-24H,5-8,25-28,44-45H2,1-4H3/p+1. The van der Waals surface area contributed by atoms with Crippen molar-refractivity contribution >= 4 is 15.7 Å². The van der Waals surface area contributed by atoms with E-state index in [1.54, 1.807) is 18.2 Å². The predicted molar refractivity (Wildman–Crippen MR) is 204 cm³/mol. The SMILES string of the molecule is CCc1cccc(CC)c1Cc1ccc(C(=C2C=CC=C[C+]2S(=O)(=O)O)c2ccc(Cc3c(CC)cccc3CC)c(CN)c2)cc1CN. The van der Waals surface area contributed by atoms with E-state index in [-0.39, 0.29) is 5.25 Å². The van der Waals surface area contributed by atoms with E-state index in [1.165, 1.54) is 39.5 Å². The summed E-state index contributed by atoms with van der Waals surface area (Å²) in [5.41, 5.74) is 27.9. The molecule has 6 heteroatoms. The first-order valence-electron chi connectivity index (χ1n) is 17.4. The molecule has 1 aliphatic rings. The van der Waals surface area contributed by atoms with Crippen LogP contribution in [0.1, 0.15) is 94.5 Å². The van der Waals surface area contributed by atoms with Gasteiger partial charge in [-0.15, -0.1) is 0 Å². The van der Waals surface area contributed by atoms with Gasteiger partial charge in [-0.05, 0) is 118 Å². The molecule has 0 radical (unpaired) electrons. The second-order valence-corrected chi connectivity index (χ2v) is 14.0. The topological polar surface area (TPSA) is 106 Å². The van der Waals surface area contributed by atoms with Crippen LogP contribution in [0.4, 0.5) is 0 Å². The van der Waals surface area contributed by atoms with Gasteiger partial charge in [-0.25, -0.2) is 0 Å². The first kappa shape index (κ1) is 36.1. The average Bonchev–Trinajstić information content (AvgIpc) is 3.12. The molecule has 0 heterocycles. The summed E-state index contributed by atoms with van der Waals surface area (Å²) < 4.78 is 35.8. The van der Waals surface area contributed by atoms with Gasteiger partial charge in [0.05, 0.1) is 5.57 Å². The zero-order valence-electron chi connectivity index (χ0n) is 29.2. The van der Waals surface area contributed by atoms with Crippen molar-refractivity contribution in [2.45, 2.75) is 79.3 Å². The molecule has 5 rings (SSSR count). The van der Waals surface area contributed by atoms with Crippen molar-refractivity contribution in [2.24, 2.45) is 11.5 Å². The van der Waals surface area contributed by atoms with Gasteiger partial charge in [0.2, 0.25) is 0 Å². The summed E-state index contributed by atoms with van der Waals surface area (Å²) in [6.07, 6.45) is 12.0. The fourth-order valence-corrected chi connectivity index (χ4v) is 7.90. The van der Waals surface area contributed by atoms with E-state index < -0.39 is 10.1 Å². The van der Waals surface area contributed by atoms with E-state index in [1.807, 2.05) is 12.1 Å². The highest BCUT2D eigenvalue weighted by molar-refractivity contribution is 7.89. The van der Waals surface area contributed by atoms with Gasteiger partial charge in [0.15, 0.2) is 5.25 Å². The number of nitrogens with two attached hydrogens (primary N) is 2. The van der Waals surface area contributed by atoms with Gasteiger partial charge >= 0.3 is 10.1 Å². The Labute approximate surface area is 293 Å². The zero-order valence-corrected chi connectivity index (χ0v) is 30.0. The van der Waals surface area contributed by atoms with Crippen molar-refractivity contribution in [2.75, 3.05) is 0 Å². The Balaban J connectivity index is 1.67. The van der Waals surface area contributed by atoms with Crippen LogP contribution in [0, 0.1) is 5.25 Å². The Morgan fingerprint density at radius 1 is 0.612 bits per heavy atom. The van der Waals surface area contributed by atoms with E-state index in [0.29, 0.717) is 24.2 Å². The van der Waals surface area contributed by atoms with Crippen molar-refractivity contribution < 1.29 is 13.0 Å². The number of hydrogen-bond donors (Lipinski definition) is 3. The van der Waals surface area contributed by atoms with Crippen molar-refractivity contribution in [3.63, 3.8) is 0 Å². The third-order valence-electron chi connectivity index (χ3n) is 9.86. The highest BCUT2D eigenvalue weighted by Gasteiger charge is 2.36. The number of benzene rings is 4. The summed E-state index contributed by atoms with van der Waals surface area (Å²) in [6.45, 7) is 9.40. The molecule has 0 spiro atoms. The van der Waals surface area contributed by atoms with Crippen LogP contribution in [-0.4, -0.2) is 13.0 Å². The molecule has 0 unspecified atom stereocenters. The Hall–Kier alpha value is -4.20. The smallest absolute Gasteiger partial charge is 0.326 e. The number of hydrogen-bond acceptors (Lipinski definition) is 4. The number of allylic oxidation sites excluding steroid dienone is 3. The molecule has 1 aliphatic carbocycles. The molecule has 0 fully saturated rings. The van der Waals surface area contributed by atoms with Crippen LogP contribution >= 0.6 is 0 Å². The van der Waals surface area contributed by atoms with Gasteiger partial charge in [-0.3, -0.25) is 4.55 Å². The minimum Gasteiger partial charge on any atom is -0.326 e. The van der Waals surface area contributed by atoms with Crippen LogP contribution in [0.25, 0.3) is 5.57 Å². The molecule has 0 bridgehead atoms. The van der Waals surface area contributed by atoms with Crippen LogP contribution in [-0.2, 0) is 61.7 Å². The van der Waals surface area contributed by atoms with E-state index >= 15 is 0 Å². The van der Waals surface area contributed by atoms with E-state index in [2.05, 4.69) is 88.4 Å². The summed E-state index contributed by atoms with van der Waals surface area (Å²) in [5, 5.41) is -0.143. The van der Waals surface area contributed by atoms with Gasteiger partial charge in [0, 0.05) is 48.5 Å². The van der Waals surface area contributed by atoms with Gasteiger partial charge in [-0.1, -0.05) is 76.2 Å². The maximum Gasteiger partial charge on any atom is 0.331 e. The molecule has 5 N–H and O–H groups in total. The van der Waals surface area contributed by atoms with Crippen molar-refractivity contribution in [1.82, 2.24) is 0 Å². The van der Waals surface area contributed by atoms with Gasteiger partial charge in [0.25, 0.3) is 0 Å². The minimum absolute atomic E-state index is 0.143. The lowest BCUT2D eigenvalue weighted by atomic mass is 9.84. The van der Waals surface area contributed by atoms with Gasteiger partial charge in [0.1, 0.15) is 5.57 Å². The lowest BCUT2D eigenvalue weighted by Gasteiger charge is -2.19. The lowest BCUT2D eigenvalue weighted by molar-refractivity contribution is 0.487. The van der Waals surface area contributed by atoms with Crippen LogP contribution in [0.15, 0.2) is 103 Å². The molecule has 5 nitrogen and oxygen atoms in total. The Kier molecular flexibility index (Phi) is 11.8. The Morgan fingerprint density at radius 3 is 1.41 bits per heavy atom. The highest BCUT2D eigenvalue weighted by Crippen LogP contribution is 2.39. The molecule has 0 saturated carbocycles. The van der Waals surface area contributed by atoms with Crippen LogP contribution < -0.4 is 11.5 Å². The quantitative estimate of drug-likeness (QED) is 0.0977. The third kappa shape index (κ3) is 7.84. The second-order valence-electron chi connectivity index (χ2n) is 12.6. The van der Waals surface area contributed by atoms with Crippen molar-refractivity contribution in [3.05, 3.63) is 175 Å². The Morgan fingerprint density at radius 2 is 1.04 bits per heavy atom. The monoisotopic (exact) mass is 673 g/mol. The summed E-state index contributed by atoms with van der Waals surface area (Å²) in [5.74, 6) is 0. The summed E-state index contributed by atoms with van der Waals surface area (Å²) in [7, 11) is -4.52. The second kappa shape index (κ2) is 16.0. The van der Waals surface area contributed by atoms with Crippen molar-refractivity contribution in [1.29, 1.82) is 0 Å². The van der Waals surface area contributed by atoms with E-state index in [0.717, 1.165) is 71.9 Å². The van der Waals surface area contributed by atoms with Crippen LogP contribution in [0.5, 0.6) is 0 Å². The van der Waals surface area contributed by atoms with E-state index in [9.17, 15) is 13.0 Å². The first-order chi connectivity index (χ1) is 23.7. The molecule has 0 aromatic heterocycles. The summed E-state index contributed by atoms with van der Waals surface area (Å²) in [6, 6.07) is 25.5. The van der Waals surface area contributed by atoms with Crippen molar-refractivity contribution in [3.8, 4) is 0 Å². The molecule has 0 atom stereocenters. The third-order valence-corrected chi connectivity index (χ3v) is 10.8. The normalized spacial score (nSPS) is 13.0. The molecule has 0 aliphatic heterocycles. The summed E-state index contributed by atoms with van der Waals surface area (Å²) >= 11 is 0. The van der Waals surface area contributed by atoms with Gasteiger partial charge < -0.3 is 11.5 Å². The molecular weight excluding hydrogens is 625 g/mol. The largest absolute Gasteiger partial charge is 0.331 e. The lowest BCUT2D eigenvalue weighted by Crippen LogP contribution is -2.15. The molecular formula is C43H49N2O3S+. The van der Waals surface area contributed by atoms with E-state index in [4.69, 9.17) is 11.5 Å². The van der Waals surface area contributed by atoms with Gasteiger partial charge in [-0.2, -0.15) is 8.42 Å². The minimum atomic E-state index is -4.52. The average molecular weight is 674 g/mol. The molecule has 254 valence electrons. The number of aryl methyl sites for hydroxylation is 4. The Bertz CT molecular complexity index is 1870. The number of rotatable bonds is 13. The fourth-order valence-electron chi connectivity index (χ4n) is 7.20. The maximum atomic E-state index is 12.7. The van der Waals surface area contributed by atoms with Crippen LogP contribution in [0.3, 0.4) is 0 Å². The maximum absolute atomic E-state index is 12.7. The fraction of sp³-hybridized carbons (Fsp3) is 0.279. The molecule has 4 aromatic rings. The molecule has 4 aromatic carbocycles. The zero-order chi connectivity index (χ0) is 35.1. The summed E-state index contributed by atoms with van der Waals surface area (Å²) in [4.78, 5) is 0. The predicted octanol–water partition coefficient (Wildman–Crippen LogP) is 8.38. The molecule has 49 heavy (non-hydrogen) atoms. The first-order valence-corrected chi connectivity index (χ1v) is 18.9. The van der Waals surface area contributed by atoms with Crippen LogP contribution in [0.2, 0.25) is 0 Å². The molecule has 0 amide bonds. The highest BCUT2D eigenvalue weighted by atomic mass is 32.2.